The second-order valence-corrected chi connectivity index (χ2v) is 9.50. The van der Waals surface area contributed by atoms with Crippen LogP contribution in [0.2, 0.25) is 10.0 Å². The Kier molecular flexibility index (Phi) is 6.01. The minimum atomic E-state index is 0.0222. The van der Waals surface area contributed by atoms with Crippen LogP contribution in [0, 0.1) is 0 Å². The summed E-state index contributed by atoms with van der Waals surface area (Å²) in [5, 5.41) is 4.51. The molecule has 0 bridgehead atoms. The van der Waals surface area contributed by atoms with Crippen LogP contribution < -0.4 is 0 Å². The van der Waals surface area contributed by atoms with Gasteiger partial charge >= 0.3 is 0 Å². The van der Waals surface area contributed by atoms with Gasteiger partial charge in [0.25, 0.3) is 0 Å². The van der Waals surface area contributed by atoms with Crippen molar-refractivity contribution in [1.82, 2.24) is 14.5 Å². The Balaban J connectivity index is 1.72. The molecule has 6 heteroatoms. The summed E-state index contributed by atoms with van der Waals surface area (Å²) in [5.41, 5.74) is 5.40. The van der Waals surface area contributed by atoms with Crippen molar-refractivity contribution in [2.24, 2.45) is 0 Å². The summed E-state index contributed by atoms with van der Waals surface area (Å²) in [5.74, 6) is 1.06. The van der Waals surface area contributed by atoms with Crippen LogP contribution >= 0.6 is 34.5 Å². The molecule has 0 N–H and O–H groups in total. The molecular weight excluding hydrogens is 457 g/mol. The number of thiazole rings is 1. The van der Waals surface area contributed by atoms with Gasteiger partial charge in [-0.2, -0.15) is 0 Å². The van der Waals surface area contributed by atoms with Crippen molar-refractivity contribution in [3.05, 3.63) is 110 Å². The van der Waals surface area contributed by atoms with Crippen LogP contribution in [-0.2, 0) is 6.42 Å². The Morgan fingerprint density at radius 1 is 0.938 bits per heavy atom. The first-order valence-electron chi connectivity index (χ1n) is 10.6. The SMILES string of the molecule is CCCc1nc2ccc(C(c3ccc(Cl)cc3)c3nccs3)cc2n1-c1cccc(Cl)c1. The maximum atomic E-state index is 6.33. The maximum Gasteiger partial charge on any atom is 0.114 e. The Labute approximate surface area is 201 Å². The maximum absolute atomic E-state index is 6.33. The van der Waals surface area contributed by atoms with Crippen LogP contribution in [-0.4, -0.2) is 14.5 Å². The zero-order valence-electron chi connectivity index (χ0n) is 17.5. The van der Waals surface area contributed by atoms with Crippen molar-refractivity contribution in [1.29, 1.82) is 0 Å². The number of imidazole rings is 1. The second kappa shape index (κ2) is 9.07. The molecule has 0 spiro atoms. The first-order chi connectivity index (χ1) is 15.6. The molecule has 0 radical (unpaired) electrons. The third-order valence-electron chi connectivity index (χ3n) is 5.52. The highest BCUT2D eigenvalue weighted by Gasteiger charge is 2.21. The zero-order chi connectivity index (χ0) is 22.1. The van der Waals surface area contributed by atoms with Crippen molar-refractivity contribution in [3.8, 4) is 5.69 Å². The van der Waals surface area contributed by atoms with E-state index < -0.39 is 0 Å². The highest BCUT2D eigenvalue weighted by atomic mass is 35.5. The molecule has 1 atom stereocenters. The van der Waals surface area contributed by atoms with Crippen LogP contribution in [0.3, 0.4) is 0 Å². The number of aromatic nitrogens is 3. The predicted octanol–water partition coefficient (Wildman–Crippen LogP) is 7.92. The normalized spacial score (nSPS) is 12.3. The van der Waals surface area contributed by atoms with Crippen molar-refractivity contribution in [2.75, 3.05) is 0 Å². The van der Waals surface area contributed by atoms with Crippen LogP contribution in [0.15, 0.2) is 78.3 Å². The number of aryl methyl sites for hydroxylation is 1. The van der Waals surface area contributed by atoms with E-state index in [1.54, 1.807) is 11.3 Å². The molecule has 3 aromatic carbocycles. The number of halogens is 2. The molecule has 1 unspecified atom stereocenters. The van der Waals surface area contributed by atoms with Gasteiger partial charge in [-0.15, -0.1) is 11.3 Å². The second-order valence-electron chi connectivity index (χ2n) is 7.70. The van der Waals surface area contributed by atoms with Gasteiger partial charge in [-0.1, -0.05) is 54.4 Å². The zero-order valence-corrected chi connectivity index (χ0v) is 19.8. The van der Waals surface area contributed by atoms with Gasteiger partial charge in [0, 0.05) is 33.7 Å². The summed E-state index contributed by atoms with van der Waals surface area (Å²) in [7, 11) is 0. The van der Waals surface area contributed by atoms with Crippen molar-refractivity contribution >= 4 is 45.6 Å². The van der Waals surface area contributed by atoms with Crippen molar-refractivity contribution < 1.29 is 0 Å². The summed E-state index contributed by atoms with van der Waals surface area (Å²) in [6, 6.07) is 22.5. The highest BCUT2D eigenvalue weighted by molar-refractivity contribution is 7.09. The summed E-state index contributed by atoms with van der Waals surface area (Å²) in [4.78, 5) is 9.59. The standard InChI is InChI=1S/C26H21Cl2N3S/c1-2-4-24-30-22-12-9-18(15-23(22)31(24)21-6-3-5-20(28)16-21)25(26-29-13-14-32-26)17-7-10-19(27)11-8-17/h3,5-16,25H,2,4H2,1H3. The van der Waals surface area contributed by atoms with E-state index >= 15 is 0 Å². The minimum absolute atomic E-state index is 0.0222. The van der Waals surface area contributed by atoms with Gasteiger partial charge in [0.1, 0.15) is 10.8 Å². The molecule has 2 aromatic heterocycles. The fourth-order valence-electron chi connectivity index (χ4n) is 4.13. The first kappa shape index (κ1) is 21.2. The fourth-order valence-corrected chi connectivity index (χ4v) is 5.23. The van der Waals surface area contributed by atoms with Crippen molar-refractivity contribution in [2.45, 2.75) is 25.7 Å². The molecule has 2 heterocycles. The topological polar surface area (TPSA) is 30.7 Å². The lowest BCUT2D eigenvalue weighted by atomic mass is 9.91. The first-order valence-corrected chi connectivity index (χ1v) is 12.2. The molecule has 32 heavy (non-hydrogen) atoms. The predicted molar refractivity (Wildman–Crippen MR) is 135 cm³/mol. The Bertz CT molecular complexity index is 1360. The third kappa shape index (κ3) is 4.06. The molecule has 0 aliphatic heterocycles. The molecule has 0 fully saturated rings. The van der Waals surface area contributed by atoms with E-state index in [4.69, 9.17) is 28.2 Å². The van der Waals surface area contributed by atoms with Gasteiger partial charge in [-0.3, -0.25) is 4.57 Å². The lowest BCUT2D eigenvalue weighted by Crippen LogP contribution is -2.04. The lowest BCUT2D eigenvalue weighted by Gasteiger charge is -2.17. The molecule has 0 amide bonds. The number of fused-ring (bicyclic) bond motifs is 1. The molecular formula is C26H21Cl2N3S. The van der Waals surface area contributed by atoms with Crippen LogP contribution in [0.25, 0.3) is 16.7 Å². The quantitative estimate of drug-likeness (QED) is 0.248. The Hall–Kier alpha value is -2.66. The van der Waals surface area contributed by atoms with Crippen molar-refractivity contribution in [3.63, 3.8) is 0 Å². The van der Waals surface area contributed by atoms with Gasteiger partial charge in [0.2, 0.25) is 0 Å². The lowest BCUT2D eigenvalue weighted by molar-refractivity contribution is 0.818. The van der Waals surface area contributed by atoms with E-state index in [0.29, 0.717) is 5.02 Å². The van der Waals surface area contributed by atoms with Crippen LogP contribution in [0.4, 0.5) is 0 Å². The number of nitrogens with zero attached hydrogens (tertiary/aromatic N) is 3. The molecule has 3 nitrogen and oxygen atoms in total. The molecule has 0 saturated heterocycles. The summed E-state index contributed by atoms with van der Waals surface area (Å²) < 4.78 is 2.23. The van der Waals surface area contributed by atoms with E-state index in [-0.39, 0.29) is 5.92 Å². The molecule has 0 saturated carbocycles. The van der Waals surface area contributed by atoms with Crippen LogP contribution in [0.1, 0.15) is 41.2 Å². The third-order valence-corrected chi connectivity index (χ3v) is 6.85. The number of rotatable bonds is 6. The molecule has 5 rings (SSSR count). The van der Waals surface area contributed by atoms with Gasteiger partial charge in [-0.25, -0.2) is 9.97 Å². The molecule has 0 aliphatic rings. The Morgan fingerprint density at radius 3 is 2.47 bits per heavy atom. The van der Waals surface area contributed by atoms with E-state index in [1.165, 1.54) is 5.56 Å². The average Bonchev–Trinajstić information content (AvgIpc) is 3.43. The Morgan fingerprint density at radius 2 is 1.75 bits per heavy atom. The molecule has 0 aliphatic carbocycles. The van der Waals surface area contributed by atoms with Gasteiger partial charge in [0.15, 0.2) is 0 Å². The van der Waals surface area contributed by atoms with E-state index in [9.17, 15) is 0 Å². The summed E-state index contributed by atoms with van der Waals surface area (Å²) in [6.45, 7) is 2.17. The van der Waals surface area contributed by atoms with Gasteiger partial charge in [0.05, 0.1) is 17.0 Å². The summed E-state index contributed by atoms with van der Waals surface area (Å²) >= 11 is 14.2. The van der Waals surface area contributed by atoms with Gasteiger partial charge < -0.3 is 0 Å². The summed E-state index contributed by atoms with van der Waals surface area (Å²) in [6.07, 6.45) is 3.77. The smallest absolute Gasteiger partial charge is 0.114 e. The monoisotopic (exact) mass is 477 g/mol. The molecule has 5 aromatic rings. The minimum Gasteiger partial charge on any atom is -0.296 e. The highest BCUT2D eigenvalue weighted by Crippen LogP contribution is 2.36. The van der Waals surface area contributed by atoms with E-state index in [0.717, 1.165) is 51.0 Å². The van der Waals surface area contributed by atoms with E-state index in [2.05, 4.69) is 52.9 Å². The number of hydrogen-bond acceptors (Lipinski definition) is 3. The number of hydrogen-bond donors (Lipinski definition) is 0. The van der Waals surface area contributed by atoms with Gasteiger partial charge in [-0.05, 0) is 60.0 Å². The van der Waals surface area contributed by atoms with Crippen LogP contribution in [0.5, 0.6) is 0 Å². The average molecular weight is 478 g/mol. The van der Waals surface area contributed by atoms with E-state index in [1.807, 2.05) is 41.9 Å². The number of benzene rings is 3. The largest absolute Gasteiger partial charge is 0.296 e. The fraction of sp³-hybridized carbons (Fsp3) is 0.154. The molecule has 160 valence electrons.